The lowest BCUT2D eigenvalue weighted by Crippen LogP contribution is -2.14. The number of hydrogen-bond donors (Lipinski definition) is 1. The molecule has 3 nitrogen and oxygen atoms in total. The monoisotopic (exact) mass is 223 g/mol. The Morgan fingerprint density at radius 3 is 2.50 bits per heavy atom. The van der Waals surface area contributed by atoms with Crippen LogP contribution in [0.5, 0.6) is 5.75 Å². The van der Waals surface area contributed by atoms with Crippen LogP contribution in [0.2, 0.25) is 0 Å². The maximum atomic E-state index is 5.75. The van der Waals surface area contributed by atoms with Crippen molar-refractivity contribution in [2.24, 2.45) is 0 Å². The number of ether oxygens (including phenoxy) is 2. The van der Waals surface area contributed by atoms with E-state index in [0.717, 1.165) is 25.3 Å². The summed E-state index contributed by atoms with van der Waals surface area (Å²) >= 11 is 0. The van der Waals surface area contributed by atoms with Crippen molar-refractivity contribution in [2.75, 3.05) is 20.8 Å². The van der Waals surface area contributed by atoms with Crippen LogP contribution in [0.1, 0.15) is 18.9 Å². The lowest BCUT2D eigenvalue weighted by Gasteiger charge is -2.14. The van der Waals surface area contributed by atoms with Crippen molar-refractivity contribution in [2.45, 2.75) is 26.0 Å². The molecule has 0 heterocycles. The minimum atomic E-state index is 0.190. The van der Waals surface area contributed by atoms with Crippen LogP contribution in [0.25, 0.3) is 0 Å². The first-order valence-corrected chi connectivity index (χ1v) is 5.65. The number of methoxy groups -OCH3 is 1. The molecule has 1 aromatic rings. The summed E-state index contributed by atoms with van der Waals surface area (Å²) in [7, 11) is 3.65. The van der Waals surface area contributed by atoms with Crippen LogP contribution in [0.15, 0.2) is 24.3 Å². The van der Waals surface area contributed by atoms with Gasteiger partial charge in [0, 0.05) is 26.7 Å². The Bertz CT molecular complexity index is 284. The lowest BCUT2D eigenvalue weighted by atomic mass is 10.2. The molecule has 0 saturated heterocycles. The first-order valence-electron chi connectivity index (χ1n) is 5.65. The molecular weight excluding hydrogens is 202 g/mol. The summed E-state index contributed by atoms with van der Waals surface area (Å²) in [6, 6.07) is 8.18. The van der Waals surface area contributed by atoms with E-state index in [1.807, 2.05) is 19.2 Å². The van der Waals surface area contributed by atoms with Gasteiger partial charge >= 0.3 is 0 Å². The van der Waals surface area contributed by atoms with E-state index < -0.39 is 0 Å². The van der Waals surface area contributed by atoms with E-state index in [9.17, 15) is 0 Å². The zero-order chi connectivity index (χ0) is 11.8. The molecule has 0 fully saturated rings. The third kappa shape index (κ3) is 4.64. The van der Waals surface area contributed by atoms with Crippen LogP contribution in [0.4, 0.5) is 0 Å². The van der Waals surface area contributed by atoms with Gasteiger partial charge in [0.05, 0.1) is 6.10 Å². The highest BCUT2D eigenvalue weighted by Gasteiger charge is 2.03. The standard InChI is InChI=1S/C13H21NO2/c1-11(8-9-15-3)16-13-6-4-12(5-7-13)10-14-2/h4-7,11,14H,8-10H2,1-3H3. The van der Waals surface area contributed by atoms with E-state index in [1.165, 1.54) is 5.56 Å². The van der Waals surface area contributed by atoms with Gasteiger partial charge in [-0.2, -0.15) is 0 Å². The van der Waals surface area contributed by atoms with E-state index in [-0.39, 0.29) is 6.10 Å². The van der Waals surface area contributed by atoms with Gasteiger partial charge in [-0.25, -0.2) is 0 Å². The van der Waals surface area contributed by atoms with Crippen molar-refractivity contribution in [3.8, 4) is 5.75 Å². The zero-order valence-corrected chi connectivity index (χ0v) is 10.3. The van der Waals surface area contributed by atoms with Crippen LogP contribution in [-0.4, -0.2) is 26.9 Å². The predicted octanol–water partition coefficient (Wildman–Crippen LogP) is 2.21. The molecule has 0 spiro atoms. The molecule has 0 bridgehead atoms. The molecule has 1 atom stereocenters. The Labute approximate surface area is 97.8 Å². The minimum absolute atomic E-state index is 0.190. The fourth-order valence-corrected chi connectivity index (χ4v) is 1.47. The van der Waals surface area contributed by atoms with Gasteiger partial charge in [-0.3, -0.25) is 0 Å². The summed E-state index contributed by atoms with van der Waals surface area (Å²) in [5, 5.41) is 3.11. The lowest BCUT2D eigenvalue weighted by molar-refractivity contribution is 0.135. The molecule has 0 radical (unpaired) electrons. The molecule has 1 N–H and O–H groups in total. The molecule has 16 heavy (non-hydrogen) atoms. The number of benzene rings is 1. The Kier molecular flexibility index (Phi) is 5.90. The third-order valence-corrected chi connectivity index (χ3v) is 2.37. The van der Waals surface area contributed by atoms with Gasteiger partial charge in [0.2, 0.25) is 0 Å². The van der Waals surface area contributed by atoms with Crippen LogP contribution >= 0.6 is 0 Å². The van der Waals surface area contributed by atoms with Gasteiger partial charge in [-0.1, -0.05) is 12.1 Å². The molecule has 1 rings (SSSR count). The maximum absolute atomic E-state index is 5.75. The first kappa shape index (κ1) is 13.0. The van der Waals surface area contributed by atoms with Gasteiger partial charge in [-0.15, -0.1) is 0 Å². The van der Waals surface area contributed by atoms with E-state index in [2.05, 4.69) is 24.4 Å². The summed E-state index contributed by atoms with van der Waals surface area (Å²) in [5.41, 5.74) is 1.26. The van der Waals surface area contributed by atoms with Gasteiger partial charge in [0.1, 0.15) is 5.75 Å². The normalized spacial score (nSPS) is 12.4. The van der Waals surface area contributed by atoms with Crippen LogP contribution < -0.4 is 10.1 Å². The second-order valence-electron chi connectivity index (χ2n) is 3.88. The van der Waals surface area contributed by atoms with Crippen LogP contribution in [0.3, 0.4) is 0 Å². The van der Waals surface area contributed by atoms with Gasteiger partial charge in [-0.05, 0) is 31.7 Å². The maximum Gasteiger partial charge on any atom is 0.119 e. The Morgan fingerprint density at radius 2 is 1.94 bits per heavy atom. The topological polar surface area (TPSA) is 30.5 Å². The summed E-state index contributed by atoms with van der Waals surface area (Å²) in [6.45, 7) is 3.68. The highest BCUT2D eigenvalue weighted by atomic mass is 16.5. The van der Waals surface area contributed by atoms with E-state index >= 15 is 0 Å². The molecular formula is C13H21NO2. The molecule has 0 aliphatic carbocycles. The summed E-state index contributed by atoms with van der Waals surface area (Å²) in [6.07, 6.45) is 1.10. The molecule has 0 saturated carbocycles. The Hall–Kier alpha value is -1.06. The van der Waals surface area contributed by atoms with Crippen molar-refractivity contribution in [3.63, 3.8) is 0 Å². The van der Waals surface area contributed by atoms with Crippen LogP contribution in [0, 0.1) is 0 Å². The number of rotatable bonds is 7. The Balaban J connectivity index is 2.41. The predicted molar refractivity (Wildman–Crippen MR) is 65.8 cm³/mol. The quantitative estimate of drug-likeness (QED) is 0.768. The summed E-state index contributed by atoms with van der Waals surface area (Å²) in [4.78, 5) is 0. The average molecular weight is 223 g/mol. The second kappa shape index (κ2) is 7.25. The molecule has 90 valence electrons. The van der Waals surface area contributed by atoms with Crippen molar-refractivity contribution in [1.82, 2.24) is 5.32 Å². The zero-order valence-electron chi connectivity index (χ0n) is 10.3. The van der Waals surface area contributed by atoms with E-state index in [1.54, 1.807) is 7.11 Å². The highest BCUT2D eigenvalue weighted by Crippen LogP contribution is 2.14. The Morgan fingerprint density at radius 1 is 1.25 bits per heavy atom. The molecule has 0 amide bonds. The minimum Gasteiger partial charge on any atom is -0.491 e. The molecule has 0 aliphatic rings. The van der Waals surface area contributed by atoms with Crippen molar-refractivity contribution in [1.29, 1.82) is 0 Å². The average Bonchev–Trinajstić information content (AvgIpc) is 2.29. The van der Waals surface area contributed by atoms with Gasteiger partial charge < -0.3 is 14.8 Å². The summed E-state index contributed by atoms with van der Waals surface area (Å²) < 4.78 is 10.8. The fraction of sp³-hybridized carbons (Fsp3) is 0.538. The molecule has 1 aromatic carbocycles. The van der Waals surface area contributed by atoms with E-state index in [4.69, 9.17) is 9.47 Å². The van der Waals surface area contributed by atoms with Crippen molar-refractivity contribution in [3.05, 3.63) is 29.8 Å². The molecule has 3 heteroatoms. The molecule has 0 aromatic heterocycles. The van der Waals surface area contributed by atoms with Gasteiger partial charge in [0.25, 0.3) is 0 Å². The first-order chi connectivity index (χ1) is 7.76. The molecule has 0 aliphatic heterocycles. The largest absolute Gasteiger partial charge is 0.491 e. The highest BCUT2D eigenvalue weighted by molar-refractivity contribution is 5.27. The smallest absolute Gasteiger partial charge is 0.119 e. The summed E-state index contributed by atoms with van der Waals surface area (Å²) in [5.74, 6) is 0.920. The van der Waals surface area contributed by atoms with Crippen molar-refractivity contribution >= 4 is 0 Å². The third-order valence-electron chi connectivity index (χ3n) is 2.37. The van der Waals surface area contributed by atoms with E-state index in [0.29, 0.717) is 0 Å². The second-order valence-corrected chi connectivity index (χ2v) is 3.88. The SMILES string of the molecule is CNCc1ccc(OC(C)CCOC)cc1. The van der Waals surface area contributed by atoms with Gasteiger partial charge in [0.15, 0.2) is 0 Å². The van der Waals surface area contributed by atoms with Crippen molar-refractivity contribution < 1.29 is 9.47 Å². The number of nitrogens with one attached hydrogen (secondary N) is 1. The van der Waals surface area contributed by atoms with Crippen LogP contribution in [-0.2, 0) is 11.3 Å². The fourth-order valence-electron chi connectivity index (χ4n) is 1.47. The molecule has 1 unspecified atom stereocenters. The number of hydrogen-bond acceptors (Lipinski definition) is 3.